The van der Waals surface area contributed by atoms with E-state index >= 15 is 0 Å². The Hall–Kier alpha value is -1.83. The number of pyridine rings is 1. The van der Waals surface area contributed by atoms with Crippen molar-refractivity contribution in [2.45, 2.75) is 26.2 Å². The number of hydrogen-bond donors (Lipinski definition) is 2. The minimum absolute atomic E-state index is 0. The predicted octanol–water partition coefficient (Wildman–Crippen LogP) is 2.89. The van der Waals surface area contributed by atoms with Crippen LogP contribution in [0.15, 0.2) is 41.5 Å². The molecular weight excluding hydrogens is 439 g/mol. The number of benzene rings is 1. The molecule has 6 heteroatoms. The molecule has 1 aromatic heterocycles. The van der Waals surface area contributed by atoms with Crippen LogP contribution < -0.4 is 15.4 Å². The van der Waals surface area contributed by atoms with Gasteiger partial charge >= 0.3 is 0 Å². The molecule has 0 fully saturated rings. The van der Waals surface area contributed by atoms with Crippen molar-refractivity contribution in [3.8, 4) is 5.75 Å². The monoisotopic (exact) mass is 466 g/mol. The Labute approximate surface area is 172 Å². The highest BCUT2D eigenvalue weighted by Gasteiger charge is 2.11. The Morgan fingerprint density at radius 2 is 1.85 bits per heavy atom. The molecule has 1 aliphatic heterocycles. The number of hydrogen-bond acceptors (Lipinski definition) is 3. The van der Waals surface area contributed by atoms with Crippen molar-refractivity contribution in [3.05, 3.63) is 58.9 Å². The molecule has 5 nitrogen and oxygen atoms in total. The number of nitrogens with one attached hydrogen (secondary N) is 2. The standard InChI is InChI=1S/C20H26N4O.HI/c1-15-3-4-17(14-24-15)8-11-23-20(21-2)22-10-7-16-5-6-19-18(13-16)9-12-25-19;/h3-6,13-14H,7-12H2,1-2H3,(H2,21,22,23);1H. The molecule has 0 aliphatic carbocycles. The topological polar surface area (TPSA) is 58.5 Å². The van der Waals surface area contributed by atoms with Gasteiger partial charge in [0.15, 0.2) is 5.96 Å². The summed E-state index contributed by atoms with van der Waals surface area (Å²) in [7, 11) is 1.80. The van der Waals surface area contributed by atoms with Crippen LogP contribution in [-0.4, -0.2) is 37.7 Å². The molecule has 0 saturated carbocycles. The Balaban J connectivity index is 0.00000243. The molecule has 140 valence electrons. The van der Waals surface area contributed by atoms with E-state index in [2.05, 4.69) is 44.9 Å². The summed E-state index contributed by atoms with van der Waals surface area (Å²) >= 11 is 0. The van der Waals surface area contributed by atoms with Gasteiger partial charge in [-0.1, -0.05) is 18.2 Å². The Morgan fingerprint density at radius 3 is 2.54 bits per heavy atom. The lowest BCUT2D eigenvalue weighted by molar-refractivity contribution is 0.357. The van der Waals surface area contributed by atoms with E-state index in [0.717, 1.165) is 56.4 Å². The maximum Gasteiger partial charge on any atom is 0.190 e. The third-order valence-electron chi connectivity index (χ3n) is 4.36. The van der Waals surface area contributed by atoms with Gasteiger partial charge in [0, 0.05) is 38.4 Å². The molecular formula is C20H27IN4O. The van der Waals surface area contributed by atoms with Gasteiger partial charge < -0.3 is 15.4 Å². The molecule has 0 bridgehead atoms. The highest BCUT2D eigenvalue weighted by Crippen LogP contribution is 2.25. The number of guanidine groups is 1. The average molecular weight is 466 g/mol. The molecule has 2 aromatic rings. The molecule has 0 atom stereocenters. The first kappa shape index (κ1) is 20.5. The zero-order chi connectivity index (χ0) is 17.5. The smallest absolute Gasteiger partial charge is 0.190 e. The van der Waals surface area contributed by atoms with Crippen LogP contribution in [0.2, 0.25) is 0 Å². The first-order valence-electron chi connectivity index (χ1n) is 8.85. The van der Waals surface area contributed by atoms with E-state index in [4.69, 9.17) is 4.74 Å². The molecule has 2 heterocycles. The molecule has 0 amide bonds. The van der Waals surface area contributed by atoms with Gasteiger partial charge in [0.1, 0.15) is 5.75 Å². The first-order valence-corrected chi connectivity index (χ1v) is 8.85. The van der Waals surface area contributed by atoms with Gasteiger partial charge in [-0.15, -0.1) is 24.0 Å². The number of halogens is 1. The SMILES string of the molecule is CN=C(NCCc1ccc(C)nc1)NCCc1ccc2c(c1)CCO2.I. The fourth-order valence-corrected chi connectivity index (χ4v) is 2.91. The van der Waals surface area contributed by atoms with Crippen molar-refractivity contribution in [1.29, 1.82) is 0 Å². The van der Waals surface area contributed by atoms with E-state index in [-0.39, 0.29) is 24.0 Å². The van der Waals surface area contributed by atoms with Gasteiger partial charge in [-0.2, -0.15) is 0 Å². The van der Waals surface area contributed by atoms with Crippen molar-refractivity contribution in [1.82, 2.24) is 15.6 Å². The third-order valence-corrected chi connectivity index (χ3v) is 4.36. The van der Waals surface area contributed by atoms with Crippen LogP contribution in [0.3, 0.4) is 0 Å². The van der Waals surface area contributed by atoms with Crippen molar-refractivity contribution >= 4 is 29.9 Å². The quantitative estimate of drug-likeness (QED) is 0.391. The van der Waals surface area contributed by atoms with Crippen molar-refractivity contribution in [3.63, 3.8) is 0 Å². The van der Waals surface area contributed by atoms with Gasteiger partial charge in [0.2, 0.25) is 0 Å². The Kier molecular flexibility index (Phi) is 8.15. The number of aromatic nitrogens is 1. The Morgan fingerprint density at radius 1 is 1.12 bits per heavy atom. The van der Waals surface area contributed by atoms with Crippen LogP contribution in [0, 0.1) is 6.92 Å². The fraction of sp³-hybridized carbons (Fsp3) is 0.400. The maximum atomic E-state index is 5.55. The van der Waals surface area contributed by atoms with E-state index in [1.807, 2.05) is 19.2 Å². The average Bonchev–Trinajstić information content (AvgIpc) is 3.10. The van der Waals surface area contributed by atoms with Gasteiger partial charge in [-0.3, -0.25) is 9.98 Å². The van der Waals surface area contributed by atoms with E-state index in [1.54, 1.807) is 7.05 Å². The summed E-state index contributed by atoms with van der Waals surface area (Å²) < 4.78 is 5.55. The van der Waals surface area contributed by atoms with E-state index in [1.165, 1.54) is 16.7 Å². The number of ether oxygens (including phenoxy) is 1. The highest BCUT2D eigenvalue weighted by atomic mass is 127. The molecule has 0 spiro atoms. The summed E-state index contributed by atoms with van der Waals surface area (Å²) in [5.74, 6) is 1.88. The van der Waals surface area contributed by atoms with Gasteiger partial charge in [0.05, 0.1) is 6.61 Å². The second kappa shape index (κ2) is 10.4. The second-order valence-electron chi connectivity index (χ2n) is 6.27. The minimum Gasteiger partial charge on any atom is -0.493 e. The molecule has 0 unspecified atom stereocenters. The van der Waals surface area contributed by atoms with E-state index < -0.39 is 0 Å². The third kappa shape index (κ3) is 5.86. The molecule has 2 N–H and O–H groups in total. The number of aryl methyl sites for hydroxylation is 1. The normalized spacial score (nSPS) is 12.8. The van der Waals surface area contributed by atoms with Crippen LogP contribution in [0.25, 0.3) is 0 Å². The lowest BCUT2D eigenvalue weighted by Crippen LogP contribution is -2.39. The van der Waals surface area contributed by atoms with Crippen molar-refractivity contribution in [2.75, 3.05) is 26.7 Å². The highest BCUT2D eigenvalue weighted by molar-refractivity contribution is 14.0. The number of nitrogens with zero attached hydrogens (tertiary/aromatic N) is 2. The van der Waals surface area contributed by atoms with Crippen LogP contribution >= 0.6 is 24.0 Å². The van der Waals surface area contributed by atoms with Crippen molar-refractivity contribution in [2.24, 2.45) is 4.99 Å². The molecule has 1 aromatic carbocycles. The lowest BCUT2D eigenvalue weighted by atomic mass is 10.1. The molecule has 3 rings (SSSR count). The molecule has 0 radical (unpaired) electrons. The van der Waals surface area contributed by atoms with Gasteiger partial charge in [-0.05, 0) is 48.6 Å². The van der Waals surface area contributed by atoms with Crippen LogP contribution in [-0.2, 0) is 19.3 Å². The van der Waals surface area contributed by atoms with E-state index in [9.17, 15) is 0 Å². The van der Waals surface area contributed by atoms with Crippen LogP contribution in [0.5, 0.6) is 5.75 Å². The second-order valence-corrected chi connectivity index (χ2v) is 6.27. The lowest BCUT2D eigenvalue weighted by Gasteiger charge is -2.12. The van der Waals surface area contributed by atoms with Gasteiger partial charge in [-0.25, -0.2) is 0 Å². The summed E-state index contributed by atoms with van der Waals surface area (Å²) in [4.78, 5) is 8.60. The van der Waals surface area contributed by atoms with Crippen molar-refractivity contribution < 1.29 is 4.74 Å². The maximum absolute atomic E-state index is 5.55. The zero-order valence-electron chi connectivity index (χ0n) is 15.4. The molecule has 26 heavy (non-hydrogen) atoms. The minimum atomic E-state index is 0. The van der Waals surface area contributed by atoms with Crippen LogP contribution in [0.1, 0.15) is 22.4 Å². The van der Waals surface area contributed by atoms with Gasteiger partial charge in [0.25, 0.3) is 0 Å². The summed E-state index contributed by atoms with van der Waals surface area (Å²) in [6.45, 7) is 4.50. The fourth-order valence-electron chi connectivity index (χ4n) is 2.91. The zero-order valence-corrected chi connectivity index (χ0v) is 17.7. The largest absolute Gasteiger partial charge is 0.493 e. The summed E-state index contributed by atoms with van der Waals surface area (Å²) in [5, 5.41) is 6.72. The summed E-state index contributed by atoms with van der Waals surface area (Å²) in [5.41, 5.74) is 4.94. The Bertz CT molecular complexity index is 731. The summed E-state index contributed by atoms with van der Waals surface area (Å²) in [6.07, 6.45) is 4.85. The summed E-state index contributed by atoms with van der Waals surface area (Å²) in [6, 6.07) is 10.7. The molecule has 0 saturated heterocycles. The first-order chi connectivity index (χ1) is 12.2. The number of aliphatic imine (C=N–C) groups is 1. The number of rotatable bonds is 6. The van der Waals surface area contributed by atoms with E-state index in [0.29, 0.717) is 0 Å². The predicted molar refractivity (Wildman–Crippen MR) is 117 cm³/mol. The molecule has 1 aliphatic rings. The number of fused-ring (bicyclic) bond motifs is 1. The van der Waals surface area contributed by atoms with Crippen LogP contribution in [0.4, 0.5) is 0 Å².